The van der Waals surface area contributed by atoms with Gasteiger partial charge < -0.3 is 20.3 Å². The number of pyridine rings is 1. The molecular formula is C25H25F3N4O4S. The molecule has 2 aromatic carbocycles. The predicted molar refractivity (Wildman–Crippen MR) is 132 cm³/mol. The number of sulfone groups is 1. The second kappa shape index (κ2) is 9.18. The molecule has 2 N–H and O–H groups in total. The number of fused-ring (bicyclic) bond motifs is 2. The van der Waals surface area contributed by atoms with E-state index in [1.54, 1.807) is 30.3 Å². The maximum atomic E-state index is 12.8. The van der Waals surface area contributed by atoms with Crippen molar-refractivity contribution in [2.75, 3.05) is 42.3 Å². The van der Waals surface area contributed by atoms with Crippen LogP contribution in [-0.2, 0) is 25.9 Å². The number of rotatable bonds is 5. The molecule has 8 nitrogen and oxygen atoms in total. The number of alkyl halides is 3. The van der Waals surface area contributed by atoms with E-state index >= 15 is 0 Å². The summed E-state index contributed by atoms with van der Waals surface area (Å²) in [5.74, 6) is -1.57. The molecule has 0 bridgehead atoms. The molecule has 37 heavy (non-hydrogen) atoms. The van der Waals surface area contributed by atoms with Gasteiger partial charge in [-0.15, -0.1) is 0 Å². The SMILES string of the molecule is Cc1ccc2nc(N3CCS(=O)(=O)c4ccccc4C3)cc(NC3(CNC(=O)C(F)(F)F)COC3)c2c1. The van der Waals surface area contributed by atoms with E-state index in [2.05, 4.69) is 5.32 Å². The Kier molecular flexibility index (Phi) is 6.27. The van der Waals surface area contributed by atoms with Crippen LogP contribution in [0, 0.1) is 6.92 Å². The van der Waals surface area contributed by atoms with Gasteiger partial charge in [0.2, 0.25) is 0 Å². The first-order valence-electron chi connectivity index (χ1n) is 11.6. The summed E-state index contributed by atoms with van der Waals surface area (Å²) < 4.78 is 69.2. The maximum absolute atomic E-state index is 12.8. The van der Waals surface area contributed by atoms with Gasteiger partial charge in [0.25, 0.3) is 0 Å². The second-order valence-electron chi connectivity index (χ2n) is 9.48. The van der Waals surface area contributed by atoms with Crippen LogP contribution < -0.4 is 15.5 Å². The van der Waals surface area contributed by atoms with Crippen molar-refractivity contribution in [3.05, 3.63) is 59.7 Å². The van der Waals surface area contributed by atoms with Gasteiger partial charge in [0, 0.05) is 36.8 Å². The van der Waals surface area contributed by atoms with Gasteiger partial charge in [-0.2, -0.15) is 13.2 Å². The van der Waals surface area contributed by atoms with Crippen LogP contribution >= 0.6 is 0 Å². The molecule has 3 aromatic rings. The highest BCUT2D eigenvalue weighted by Gasteiger charge is 2.44. The fourth-order valence-electron chi connectivity index (χ4n) is 4.55. The van der Waals surface area contributed by atoms with Crippen molar-refractivity contribution >= 4 is 38.2 Å². The summed E-state index contributed by atoms with van der Waals surface area (Å²) in [6.07, 6.45) is -4.98. The lowest BCUT2D eigenvalue weighted by molar-refractivity contribution is -0.174. The van der Waals surface area contributed by atoms with Gasteiger partial charge in [-0.3, -0.25) is 4.79 Å². The normalized spacial score (nSPS) is 18.4. The lowest BCUT2D eigenvalue weighted by atomic mass is 9.96. The van der Waals surface area contributed by atoms with Crippen molar-refractivity contribution in [3.63, 3.8) is 0 Å². The molecule has 12 heteroatoms. The van der Waals surface area contributed by atoms with Crippen molar-refractivity contribution in [1.82, 2.24) is 10.3 Å². The maximum Gasteiger partial charge on any atom is 0.471 e. The van der Waals surface area contributed by atoms with Gasteiger partial charge >= 0.3 is 12.1 Å². The van der Waals surface area contributed by atoms with E-state index in [4.69, 9.17) is 9.72 Å². The van der Waals surface area contributed by atoms with Crippen molar-refractivity contribution in [2.24, 2.45) is 0 Å². The lowest BCUT2D eigenvalue weighted by Gasteiger charge is -2.43. The lowest BCUT2D eigenvalue weighted by Crippen LogP contribution is -2.63. The highest BCUT2D eigenvalue weighted by atomic mass is 32.2. The number of nitrogens with zero attached hydrogens (tertiary/aromatic N) is 2. The minimum Gasteiger partial charge on any atom is -0.376 e. The summed E-state index contributed by atoms with van der Waals surface area (Å²) in [4.78, 5) is 18.4. The molecule has 2 aliphatic rings. The predicted octanol–water partition coefficient (Wildman–Crippen LogP) is 3.20. The molecule has 2 aliphatic heterocycles. The Hall–Kier alpha value is -3.38. The van der Waals surface area contributed by atoms with Gasteiger partial charge in [0.05, 0.1) is 29.4 Å². The third-order valence-electron chi connectivity index (χ3n) is 6.57. The van der Waals surface area contributed by atoms with Crippen molar-refractivity contribution in [2.45, 2.75) is 30.1 Å². The van der Waals surface area contributed by atoms with Crippen LogP contribution in [0.3, 0.4) is 0 Å². The average molecular weight is 535 g/mol. The largest absolute Gasteiger partial charge is 0.471 e. The number of hydrogen-bond donors (Lipinski definition) is 2. The van der Waals surface area contributed by atoms with Crippen LogP contribution in [0.1, 0.15) is 11.1 Å². The first-order chi connectivity index (χ1) is 17.5. The van der Waals surface area contributed by atoms with Crippen LogP contribution in [0.2, 0.25) is 0 Å². The minimum atomic E-state index is -4.98. The van der Waals surface area contributed by atoms with Crippen LogP contribution in [0.4, 0.5) is 24.7 Å². The summed E-state index contributed by atoms with van der Waals surface area (Å²) >= 11 is 0. The zero-order chi connectivity index (χ0) is 26.4. The van der Waals surface area contributed by atoms with Crippen molar-refractivity contribution in [1.29, 1.82) is 0 Å². The highest BCUT2D eigenvalue weighted by Crippen LogP contribution is 2.34. The molecule has 0 radical (unpaired) electrons. The molecule has 0 aliphatic carbocycles. The molecule has 1 aromatic heterocycles. The number of aromatic nitrogens is 1. The number of anilines is 2. The third-order valence-corrected chi connectivity index (χ3v) is 8.36. The first-order valence-corrected chi connectivity index (χ1v) is 13.3. The number of halogens is 3. The minimum absolute atomic E-state index is 0.0817. The molecule has 3 heterocycles. The number of hydrogen-bond acceptors (Lipinski definition) is 7. The van der Waals surface area contributed by atoms with E-state index in [1.165, 1.54) is 0 Å². The summed E-state index contributed by atoms with van der Waals surface area (Å²) in [5.41, 5.74) is 1.93. The number of nitrogens with one attached hydrogen (secondary N) is 2. The van der Waals surface area contributed by atoms with Gasteiger partial charge in [-0.1, -0.05) is 29.8 Å². The molecule has 0 spiro atoms. The Morgan fingerprint density at radius 1 is 1.16 bits per heavy atom. The Labute approximate surface area is 211 Å². The molecule has 0 saturated carbocycles. The van der Waals surface area contributed by atoms with Gasteiger partial charge in [0.15, 0.2) is 9.84 Å². The zero-order valence-corrected chi connectivity index (χ0v) is 20.7. The Morgan fingerprint density at radius 3 is 2.62 bits per heavy atom. The number of benzene rings is 2. The van der Waals surface area contributed by atoms with E-state index in [0.29, 0.717) is 34.0 Å². The van der Waals surface area contributed by atoms with E-state index < -0.39 is 27.5 Å². The van der Waals surface area contributed by atoms with Crippen molar-refractivity contribution in [3.8, 4) is 0 Å². The second-order valence-corrected chi connectivity index (χ2v) is 11.6. The quantitative estimate of drug-likeness (QED) is 0.519. The van der Waals surface area contributed by atoms with Gasteiger partial charge in [-0.25, -0.2) is 13.4 Å². The number of aryl methyl sites for hydroxylation is 1. The number of amides is 1. The van der Waals surface area contributed by atoms with Crippen LogP contribution in [0.25, 0.3) is 10.9 Å². The Bertz CT molecular complexity index is 1470. The third kappa shape index (κ3) is 5.08. The summed E-state index contributed by atoms with van der Waals surface area (Å²) in [5, 5.41) is 6.01. The molecule has 5 rings (SSSR count). The molecular weight excluding hydrogens is 509 g/mol. The Balaban J connectivity index is 1.51. The highest BCUT2D eigenvalue weighted by molar-refractivity contribution is 7.91. The zero-order valence-electron chi connectivity index (χ0n) is 19.9. The standard InChI is InChI=1S/C25H25F3N4O4S/c1-16-6-7-19-18(10-16)20(31-24(14-36-15-24)13-29-23(33)25(26,27)28)11-22(30-19)32-8-9-37(34,35)21-5-3-2-4-17(21)12-32/h2-7,10-11H,8-9,12-15H2,1H3,(H,29,33)(H,30,31). The number of ether oxygens (including phenoxy) is 1. The number of carbonyl (C=O) groups excluding carboxylic acids is 1. The summed E-state index contributed by atoms with van der Waals surface area (Å²) in [6, 6.07) is 14.3. The monoisotopic (exact) mass is 534 g/mol. The fourth-order valence-corrected chi connectivity index (χ4v) is 6.05. The number of carbonyl (C=O) groups is 1. The summed E-state index contributed by atoms with van der Waals surface area (Å²) in [7, 11) is -3.46. The molecule has 196 valence electrons. The molecule has 1 amide bonds. The molecule has 1 saturated heterocycles. The average Bonchev–Trinajstić information content (AvgIpc) is 2.96. The van der Waals surface area contributed by atoms with Crippen LogP contribution in [0.15, 0.2) is 53.4 Å². The van der Waals surface area contributed by atoms with E-state index in [0.717, 1.165) is 10.9 Å². The smallest absolute Gasteiger partial charge is 0.376 e. The molecule has 0 unspecified atom stereocenters. The van der Waals surface area contributed by atoms with Crippen LogP contribution in [0.5, 0.6) is 0 Å². The van der Waals surface area contributed by atoms with E-state index in [9.17, 15) is 26.4 Å². The fraction of sp³-hybridized carbons (Fsp3) is 0.360. The van der Waals surface area contributed by atoms with Gasteiger partial charge in [-0.05, 0) is 30.7 Å². The Morgan fingerprint density at radius 2 is 1.92 bits per heavy atom. The molecule has 1 fully saturated rings. The van der Waals surface area contributed by atoms with E-state index in [-0.39, 0.29) is 32.1 Å². The van der Waals surface area contributed by atoms with Crippen molar-refractivity contribution < 1.29 is 31.1 Å². The van der Waals surface area contributed by atoms with E-state index in [1.807, 2.05) is 35.3 Å². The van der Waals surface area contributed by atoms with Crippen LogP contribution in [-0.4, -0.2) is 63.1 Å². The first kappa shape index (κ1) is 25.3. The van der Waals surface area contributed by atoms with Gasteiger partial charge in [0.1, 0.15) is 11.4 Å². The summed E-state index contributed by atoms with van der Waals surface area (Å²) in [6.45, 7) is 2.38. The topological polar surface area (TPSA) is 101 Å². The molecule has 0 atom stereocenters.